The molecule has 0 bridgehead atoms. The van der Waals surface area contributed by atoms with Crippen molar-refractivity contribution in [3.8, 4) is 11.5 Å². The zero-order valence-corrected chi connectivity index (χ0v) is 14.5. The minimum absolute atomic E-state index is 0.0889. The van der Waals surface area contributed by atoms with Crippen molar-refractivity contribution >= 4 is 27.8 Å². The molecule has 0 aliphatic rings. The Balaban J connectivity index is 2.05. The highest BCUT2D eigenvalue weighted by molar-refractivity contribution is 9.10. The SMILES string of the molecule is COc1ccc(COC(=O)c2ccccc2OCC(N)=O)cc1Br. The number of rotatable bonds is 7. The van der Waals surface area contributed by atoms with Gasteiger partial charge in [0.2, 0.25) is 0 Å². The number of benzene rings is 2. The number of ether oxygens (including phenoxy) is 3. The Labute approximate surface area is 147 Å². The van der Waals surface area contributed by atoms with E-state index in [4.69, 9.17) is 19.9 Å². The lowest BCUT2D eigenvalue weighted by Gasteiger charge is -2.11. The number of amides is 1. The fourth-order valence-electron chi connectivity index (χ4n) is 1.94. The van der Waals surface area contributed by atoms with Crippen molar-refractivity contribution in [3.05, 3.63) is 58.1 Å². The Morgan fingerprint density at radius 2 is 1.88 bits per heavy atom. The highest BCUT2D eigenvalue weighted by Crippen LogP contribution is 2.26. The van der Waals surface area contributed by atoms with Gasteiger partial charge in [-0.05, 0) is 45.8 Å². The first-order valence-electron chi connectivity index (χ1n) is 7.01. The van der Waals surface area contributed by atoms with E-state index >= 15 is 0 Å². The number of para-hydroxylation sites is 1. The summed E-state index contributed by atoms with van der Waals surface area (Å²) in [6.45, 7) is -0.221. The Bertz CT molecular complexity index is 748. The predicted octanol–water partition coefficient (Wildman–Crippen LogP) is 2.68. The number of carbonyl (C=O) groups is 2. The minimum atomic E-state index is -0.624. The summed E-state index contributed by atoms with van der Waals surface area (Å²) >= 11 is 3.38. The van der Waals surface area contributed by atoms with Crippen molar-refractivity contribution in [2.45, 2.75) is 6.61 Å². The number of primary amides is 1. The van der Waals surface area contributed by atoms with Gasteiger partial charge in [-0.1, -0.05) is 18.2 Å². The first kappa shape index (κ1) is 17.8. The summed E-state index contributed by atoms with van der Waals surface area (Å²) in [7, 11) is 1.57. The average Bonchev–Trinajstić information content (AvgIpc) is 2.58. The summed E-state index contributed by atoms with van der Waals surface area (Å²) in [5.74, 6) is -0.240. The van der Waals surface area contributed by atoms with Gasteiger partial charge in [0.1, 0.15) is 23.7 Å². The van der Waals surface area contributed by atoms with Crippen molar-refractivity contribution in [1.29, 1.82) is 0 Å². The van der Waals surface area contributed by atoms with Gasteiger partial charge < -0.3 is 19.9 Å². The van der Waals surface area contributed by atoms with Crippen molar-refractivity contribution in [3.63, 3.8) is 0 Å². The molecule has 0 radical (unpaired) electrons. The van der Waals surface area contributed by atoms with Crippen LogP contribution in [0.15, 0.2) is 46.9 Å². The van der Waals surface area contributed by atoms with Gasteiger partial charge in [-0.15, -0.1) is 0 Å². The van der Waals surface area contributed by atoms with Crippen LogP contribution in [0.3, 0.4) is 0 Å². The van der Waals surface area contributed by atoms with Crippen LogP contribution in [-0.2, 0) is 16.1 Å². The lowest BCUT2D eigenvalue weighted by atomic mass is 10.2. The molecule has 0 fully saturated rings. The summed E-state index contributed by atoms with van der Waals surface area (Å²) in [5, 5.41) is 0. The van der Waals surface area contributed by atoms with Gasteiger partial charge in [-0.3, -0.25) is 4.79 Å². The molecule has 6 nitrogen and oxygen atoms in total. The molecule has 126 valence electrons. The number of carbonyl (C=O) groups excluding carboxylic acids is 2. The van der Waals surface area contributed by atoms with Gasteiger partial charge in [-0.25, -0.2) is 4.79 Å². The van der Waals surface area contributed by atoms with Gasteiger partial charge in [0.25, 0.3) is 5.91 Å². The monoisotopic (exact) mass is 393 g/mol. The van der Waals surface area contributed by atoms with Crippen LogP contribution in [0.4, 0.5) is 0 Å². The van der Waals surface area contributed by atoms with Crippen LogP contribution in [0.5, 0.6) is 11.5 Å². The van der Waals surface area contributed by atoms with Crippen LogP contribution in [-0.4, -0.2) is 25.6 Å². The summed E-state index contributed by atoms with van der Waals surface area (Å²) in [4.78, 5) is 23.1. The van der Waals surface area contributed by atoms with E-state index in [9.17, 15) is 9.59 Å². The van der Waals surface area contributed by atoms with E-state index in [1.165, 1.54) is 0 Å². The Kier molecular flexibility index (Phi) is 6.20. The molecule has 24 heavy (non-hydrogen) atoms. The Morgan fingerprint density at radius 3 is 2.54 bits per heavy atom. The first-order chi connectivity index (χ1) is 11.5. The van der Waals surface area contributed by atoms with E-state index in [0.717, 1.165) is 10.0 Å². The van der Waals surface area contributed by atoms with E-state index in [2.05, 4.69) is 15.9 Å². The van der Waals surface area contributed by atoms with Gasteiger partial charge in [-0.2, -0.15) is 0 Å². The second-order valence-electron chi connectivity index (χ2n) is 4.80. The minimum Gasteiger partial charge on any atom is -0.496 e. The molecule has 0 atom stereocenters. The number of esters is 1. The van der Waals surface area contributed by atoms with Gasteiger partial charge in [0, 0.05) is 0 Å². The molecule has 2 N–H and O–H groups in total. The van der Waals surface area contributed by atoms with Crippen molar-refractivity contribution < 1.29 is 23.8 Å². The molecule has 2 aromatic rings. The molecule has 0 heterocycles. The lowest BCUT2D eigenvalue weighted by molar-refractivity contribution is -0.119. The third kappa shape index (κ3) is 4.73. The molecular formula is C17H16BrNO5. The topological polar surface area (TPSA) is 87.8 Å². The van der Waals surface area contributed by atoms with Crippen LogP contribution in [0.1, 0.15) is 15.9 Å². The van der Waals surface area contributed by atoms with Crippen LogP contribution >= 0.6 is 15.9 Å². The lowest BCUT2D eigenvalue weighted by Crippen LogP contribution is -2.21. The van der Waals surface area contributed by atoms with E-state index in [-0.39, 0.29) is 24.5 Å². The summed E-state index contributed by atoms with van der Waals surface area (Å²) in [6.07, 6.45) is 0. The molecule has 0 saturated carbocycles. The fraction of sp³-hybridized carbons (Fsp3) is 0.176. The molecule has 0 spiro atoms. The molecule has 2 rings (SSSR count). The number of hydrogen-bond acceptors (Lipinski definition) is 5. The van der Waals surface area contributed by atoms with Gasteiger partial charge >= 0.3 is 5.97 Å². The highest BCUT2D eigenvalue weighted by atomic mass is 79.9. The number of nitrogens with two attached hydrogens (primary N) is 1. The number of halogens is 1. The maximum absolute atomic E-state index is 12.2. The average molecular weight is 394 g/mol. The van der Waals surface area contributed by atoms with E-state index in [1.54, 1.807) is 43.5 Å². The maximum Gasteiger partial charge on any atom is 0.342 e. The van der Waals surface area contributed by atoms with E-state index in [0.29, 0.717) is 5.75 Å². The van der Waals surface area contributed by atoms with Crippen molar-refractivity contribution in [2.75, 3.05) is 13.7 Å². The first-order valence-corrected chi connectivity index (χ1v) is 7.80. The fourth-order valence-corrected chi connectivity index (χ4v) is 2.52. The molecule has 7 heteroatoms. The zero-order chi connectivity index (χ0) is 17.5. The largest absolute Gasteiger partial charge is 0.496 e. The predicted molar refractivity (Wildman–Crippen MR) is 90.9 cm³/mol. The second kappa shape index (κ2) is 8.35. The van der Waals surface area contributed by atoms with Gasteiger partial charge in [0.05, 0.1) is 11.6 Å². The van der Waals surface area contributed by atoms with E-state index < -0.39 is 11.9 Å². The zero-order valence-electron chi connectivity index (χ0n) is 13.0. The van der Waals surface area contributed by atoms with Crippen LogP contribution in [0, 0.1) is 0 Å². The summed E-state index contributed by atoms with van der Waals surface area (Å²) in [6, 6.07) is 11.9. The Morgan fingerprint density at radius 1 is 1.12 bits per heavy atom. The molecular weight excluding hydrogens is 378 g/mol. The van der Waals surface area contributed by atoms with Crippen molar-refractivity contribution in [1.82, 2.24) is 0 Å². The van der Waals surface area contributed by atoms with Gasteiger partial charge in [0.15, 0.2) is 6.61 Å². The third-order valence-corrected chi connectivity index (χ3v) is 3.68. The molecule has 0 aliphatic heterocycles. The molecule has 2 aromatic carbocycles. The van der Waals surface area contributed by atoms with Crippen LogP contribution in [0.2, 0.25) is 0 Å². The standard InChI is InChI=1S/C17H16BrNO5/c1-22-15-7-6-11(8-13(15)18)9-24-17(21)12-4-2-3-5-14(12)23-10-16(19)20/h2-8H,9-10H2,1H3,(H2,19,20). The molecule has 0 saturated heterocycles. The quantitative estimate of drug-likeness (QED) is 0.730. The molecule has 1 amide bonds. The number of methoxy groups -OCH3 is 1. The number of hydrogen-bond donors (Lipinski definition) is 1. The summed E-state index contributed by atoms with van der Waals surface area (Å²) < 4.78 is 16.4. The molecule has 0 aromatic heterocycles. The van der Waals surface area contributed by atoms with Crippen LogP contribution in [0.25, 0.3) is 0 Å². The maximum atomic E-state index is 12.2. The highest BCUT2D eigenvalue weighted by Gasteiger charge is 2.14. The molecule has 0 unspecified atom stereocenters. The summed E-state index contributed by atoms with van der Waals surface area (Å²) in [5.41, 5.74) is 6.07. The third-order valence-electron chi connectivity index (χ3n) is 3.06. The van der Waals surface area contributed by atoms with Crippen molar-refractivity contribution in [2.24, 2.45) is 5.73 Å². The Hall–Kier alpha value is -2.54. The molecule has 0 aliphatic carbocycles. The second-order valence-corrected chi connectivity index (χ2v) is 5.65. The smallest absolute Gasteiger partial charge is 0.342 e. The van der Waals surface area contributed by atoms with Crippen LogP contribution < -0.4 is 15.2 Å². The normalized spacial score (nSPS) is 10.1. The van der Waals surface area contributed by atoms with E-state index in [1.807, 2.05) is 6.07 Å².